The van der Waals surface area contributed by atoms with Gasteiger partial charge in [-0.25, -0.2) is 4.98 Å². The SMILES string of the molecule is CC(=O)c1c(O)c(C)c(O)c2c1OC1=CC(=O)C(=C(C)NCc3nc4ccc(C)cc4[nH]3)C(=O)[C@@]12C. The Hall–Kier alpha value is -4.40. The van der Waals surface area contributed by atoms with Gasteiger partial charge in [-0.05, 0) is 52.3 Å². The van der Waals surface area contributed by atoms with Gasteiger partial charge in [0.2, 0.25) is 0 Å². The lowest BCUT2D eigenvalue weighted by molar-refractivity contribution is -0.123. The van der Waals surface area contributed by atoms with E-state index in [9.17, 15) is 24.6 Å². The van der Waals surface area contributed by atoms with E-state index in [-0.39, 0.29) is 46.1 Å². The van der Waals surface area contributed by atoms with Crippen LogP contribution in [0.15, 0.2) is 41.3 Å². The molecule has 2 aromatic carbocycles. The number of carbonyl (C=O) groups is 3. The maximum absolute atomic E-state index is 13.8. The topological polar surface area (TPSA) is 142 Å². The van der Waals surface area contributed by atoms with Crippen molar-refractivity contribution in [1.29, 1.82) is 0 Å². The van der Waals surface area contributed by atoms with Crippen LogP contribution in [-0.4, -0.2) is 37.5 Å². The Kier molecular flexibility index (Phi) is 5.06. The van der Waals surface area contributed by atoms with Crippen LogP contribution in [0.4, 0.5) is 0 Å². The van der Waals surface area contributed by atoms with Crippen LogP contribution in [0.1, 0.15) is 53.6 Å². The molecule has 9 heteroatoms. The third-order valence-electron chi connectivity index (χ3n) is 6.97. The molecule has 9 nitrogen and oxygen atoms in total. The van der Waals surface area contributed by atoms with Gasteiger partial charge in [-0.2, -0.15) is 0 Å². The first kappa shape index (κ1) is 23.3. The van der Waals surface area contributed by atoms with E-state index in [2.05, 4.69) is 15.3 Å². The fourth-order valence-electron chi connectivity index (χ4n) is 4.93. The van der Waals surface area contributed by atoms with Crippen molar-refractivity contribution in [2.75, 3.05) is 0 Å². The summed E-state index contributed by atoms with van der Waals surface area (Å²) in [5, 5.41) is 24.5. The van der Waals surface area contributed by atoms with Crippen LogP contribution in [0.3, 0.4) is 0 Å². The van der Waals surface area contributed by atoms with Gasteiger partial charge in [0, 0.05) is 17.3 Å². The molecule has 184 valence electrons. The van der Waals surface area contributed by atoms with E-state index in [1.807, 2.05) is 25.1 Å². The lowest BCUT2D eigenvalue weighted by Crippen LogP contribution is -2.41. The van der Waals surface area contributed by atoms with Gasteiger partial charge in [0.25, 0.3) is 0 Å². The highest BCUT2D eigenvalue weighted by Gasteiger charge is 2.56. The number of rotatable bonds is 4. The number of carbonyl (C=O) groups excluding carboxylic acids is 3. The van der Waals surface area contributed by atoms with E-state index >= 15 is 0 Å². The molecule has 0 bridgehead atoms. The molecular formula is C27H25N3O6. The van der Waals surface area contributed by atoms with Gasteiger partial charge in [0.1, 0.15) is 39.8 Å². The van der Waals surface area contributed by atoms with E-state index in [0.29, 0.717) is 11.5 Å². The second-order valence-corrected chi connectivity index (χ2v) is 9.44. The molecule has 5 rings (SSSR count). The molecule has 1 atom stereocenters. The first-order valence-electron chi connectivity index (χ1n) is 11.4. The molecule has 1 aliphatic carbocycles. The third kappa shape index (κ3) is 3.16. The van der Waals surface area contributed by atoms with Crippen LogP contribution < -0.4 is 10.1 Å². The number of nitrogens with zero attached hydrogens (tertiary/aromatic N) is 1. The molecule has 0 spiro atoms. The van der Waals surface area contributed by atoms with E-state index < -0.39 is 28.5 Å². The monoisotopic (exact) mass is 487 g/mol. The molecule has 2 heterocycles. The number of aromatic hydroxyl groups is 2. The van der Waals surface area contributed by atoms with Gasteiger partial charge >= 0.3 is 0 Å². The number of Topliss-reactive ketones (excluding diaryl/α,β-unsaturated/α-hetero) is 2. The van der Waals surface area contributed by atoms with Gasteiger partial charge in [0.05, 0.1) is 28.7 Å². The number of imidazole rings is 1. The second kappa shape index (κ2) is 7.81. The van der Waals surface area contributed by atoms with E-state index in [4.69, 9.17) is 4.74 Å². The summed E-state index contributed by atoms with van der Waals surface area (Å²) < 4.78 is 5.79. The highest BCUT2D eigenvalue weighted by Crippen LogP contribution is 2.57. The Morgan fingerprint density at radius 2 is 1.89 bits per heavy atom. The summed E-state index contributed by atoms with van der Waals surface area (Å²) in [7, 11) is 0. The minimum atomic E-state index is -1.55. The second-order valence-electron chi connectivity index (χ2n) is 9.44. The predicted molar refractivity (Wildman–Crippen MR) is 131 cm³/mol. The quantitative estimate of drug-likeness (QED) is 0.249. The van der Waals surface area contributed by atoms with Crippen LogP contribution in [0, 0.1) is 13.8 Å². The number of hydrogen-bond donors (Lipinski definition) is 4. The summed E-state index contributed by atoms with van der Waals surface area (Å²) in [4.78, 5) is 46.9. The number of H-pyrrole nitrogens is 1. The summed E-state index contributed by atoms with van der Waals surface area (Å²) >= 11 is 0. The number of aromatic amines is 1. The standard InChI is InChI=1S/C27H25N3O6/c1-11-6-7-15-16(8-11)30-19(29-15)10-28-13(3)20-17(32)9-18-27(5,26(20)35)22-24(34)12(2)23(33)21(14(4)31)25(22)36-18/h6-9,28,33-34H,10H2,1-5H3,(H,29,30)/t27-/m0/s1. The Labute approximate surface area is 206 Å². The van der Waals surface area contributed by atoms with Crippen molar-refractivity contribution in [3.8, 4) is 17.2 Å². The molecule has 1 aliphatic heterocycles. The highest BCUT2D eigenvalue weighted by atomic mass is 16.5. The average molecular weight is 488 g/mol. The number of benzene rings is 2. The van der Waals surface area contributed by atoms with Crippen molar-refractivity contribution in [3.05, 3.63) is 69.4 Å². The fourth-order valence-corrected chi connectivity index (χ4v) is 4.93. The Morgan fingerprint density at radius 1 is 1.17 bits per heavy atom. The number of ketones is 3. The Morgan fingerprint density at radius 3 is 2.58 bits per heavy atom. The van der Waals surface area contributed by atoms with E-state index in [0.717, 1.165) is 16.6 Å². The number of phenols is 2. The summed E-state index contributed by atoms with van der Waals surface area (Å²) in [5.41, 5.74) is 1.47. The minimum absolute atomic E-state index is 0.000459. The number of aromatic nitrogens is 2. The molecule has 0 saturated carbocycles. The molecule has 0 saturated heterocycles. The molecule has 0 fully saturated rings. The first-order chi connectivity index (χ1) is 16.9. The fraction of sp³-hybridized carbons (Fsp3) is 0.259. The highest BCUT2D eigenvalue weighted by molar-refractivity contribution is 6.31. The zero-order valence-corrected chi connectivity index (χ0v) is 20.5. The zero-order chi connectivity index (χ0) is 26.1. The predicted octanol–water partition coefficient (Wildman–Crippen LogP) is 3.54. The van der Waals surface area contributed by atoms with Crippen LogP contribution >= 0.6 is 0 Å². The summed E-state index contributed by atoms with van der Waals surface area (Å²) in [6.07, 6.45) is 1.20. The van der Waals surface area contributed by atoms with Gasteiger partial charge in [0.15, 0.2) is 17.3 Å². The number of hydrogen-bond acceptors (Lipinski definition) is 8. The molecule has 4 N–H and O–H groups in total. The summed E-state index contributed by atoms with van der Waals surface area (Å²) in [6.45, 7) is 8.09. The van der Waals surface area contributed by atoms with Crippen molar-refractivity contribution in [2.45, 2.75) is 46.6 Å². The minimum Gasteiger partial charge on any atom is -0.507 e. The smallest absolute Gasteiger partial charge is 0.194 e. The maximum atomic E-state index is 13.8. The lowest BCUT2D eigenvalue weighted by atomic mass is 9.70. The van der Waals surface area contributed by atoms with Crippen molar-refractivity contribution < 1.29 is 29.3 Å². The van der Waals surface area contributed by atoms with Crippen LogP contribution in [0.25, 0.3) is 11.0 Å². The number of phenolic OH excluding ortho intramolecular Hbond substituents is 2. The number of aryl methyl sites for hydroxylation is 1. The molecule has 36 heavy (non-hydrogen) atoms. The third-order valence-corrected chi connectivity index (χ3v) is 6.97. The number of ether oxygens (including phenoxy) is 1. The molecule has 0 radical (unpaired) electrons. The van der Waals surface area contributed by atoms with Gasteiger partial charge in [-0.1, -0.05) is 6.07 Å². The van der Waals surface area contributed by atoms with Crippen molar-refractivity contribution >= 4 is 28.4 Å². The van der Waals surface area contributed by atoms with Crippen molar-refractivity contribution in [2.24, 2.45) is 0 Å². The lowest BCUT2D eigenvalue weighted by Gasteiger charge is -2.29. The van der Waals surface area contributed by atoms with Crippen LogP contribution in [-0.2, 0) is 21.5 Å². The normalized spacial score (nSPS) is 20.1. The molecule has 3 aromatic rings. The first-order valence-corrected chi connectivity index (χ1v) is 11.4. The Bertz CT molecular complexity index is 1590. The summed E-state index contributed by atoms with van der Waals surface area (Å²) in [5.74, 6) is -1.89. The van der Waals surface area contributed by atoms with Gasteiger partial charge in [-0.15, -0.1) is 0 Å². The van der Waals surface area contributed by atoms with Crippen molar-refractivity contribution in [1.82, 2.24) is 15.3 Å². The number of allylic oxidation sites excluding steroid dienone is 4. The van der Waals surface area contributed by atoms with E-state index in [1.165, 1.54) is 26.8 Å². The number of fused-ring (bicyclic) bond motifs is 4. The molecular weight excluding hydrogens is 462 g/mol. The summed E-state index contributed by atoms with van der Waals surface area (Å²) in [6, 6.07) is 5.86. The van der Waals surface area contributed by atoms with Gasteiger partial charge in [-0.3, -0.25) is 14.4 Å². The molecule has 0 amide bonds. The van der Waals surface area contributed by atoms with Gasteiger partial charge < -0.3 is 25.3 Å². The van der Waals surface area contributed by atoms with Crippen LogP contribution in [0.5, 0.6) is 17.2 Å². The number of nitrogens with one attached hydrogen (secondary N) is 2. The maximum Gasteiger partial charge on any atom is 0.194 e. The molecule has 2 aliphatic rings. The zero-order valence-electron chi connectivity index (χ0n) is 20.5. The molecule has 0 unspecified atom stereocenters. The largest absolute Gasteiger partial charge is 0.507 e. The van der Waals surface area contributed by atoms with Crippen molar-refractivity contribution in [3.63, 3.8) is 0 Å². The van der Waals surface area contributed by atoms with Crippen LogP contribution in [0.2, 0.25) is 0 Å². The average Bonchev–Trinajstić information content (AvgIpc) is 3.34. The van der Waals surface area contributed by atoms with E-state index in [1.54, 1.807) is 6.92 Å². The molecule has 1 aromatic heterocycles. The Balaban J connectivity index is 1.56.